The molecule has 4 N–H and O–H groups in total. The molecular weight excluding hydrogens is 289 g/mol. The molecule has 1 heterocycles. The molecule has 23 heavy (non-hydrogen) atoms. The highest BCUT2D eigenvalue weighted by Gasteiger charge is 2.28. The number of benzene rings is 2. The Morgan fingerprint density at radius 1 is 0.652 bits per heavy atom. The predicted molar refractivity (Wildman–Crippen MR) is 93.8 cm³/mol. The van der Waals surface area contributed by atoms with Gasteiger partial charge in [-0.1, -0.05) is 16.4 Å². The van der Waals surface area contributed by atoms with E-state index in [-0.39, 0.29) is 54.7 Å². The van der Waals surface area contributed by atoms with Crippen LogP contribution in [0.25, 0.3) is 21.9 Å². The minimum Gasteiger partial charge on any atom is -0.509 e. The summed E-state index contributed by atoms with van der Waals surface area (Å²) in [4.78, 5) is 0. The summed E-state index contributed by atoms with van der Waals surface area (Å²) in [5.74, 6) is -1.06. The third-order valence-electron chi connectivity index (χ3n) is 3.80. The van der Waals surface area contributed by atoms with Gasteiger partial charge >= 0.3 is 7.12 Å². The number of phenolic OH excluding ortho intramolecular Hbond substituents is 2. The minimum atomic E-state index is -2.08. The Labute approximate surface area is 137 Å². The van der Waals surface area contributed by atoms with Gasteiger partial charge in [-0.3, -0.25) is 0 Å². The second-order valence-corrected chi connectivity index (χ2v) is 5.06. The van der Waals surface area contributed by atoms with Crippen molar-refractivity contribution in [3.63, 3.8) is 0 Å². The molecule has 3 aromatic rings. The van der Waals surface area contributed by atoms with E-state index >= 15 is 0 Å². The van der Waals surface area contributed by atoms with Crippen LogP contribution in [0.3, 0.4) is 0 Å². The number of fused-ring (bicyclic) bond motifs is 3. The summed E-state index contributed by atoms with van der Waals surface area (Å²) >= 11 is 0. The van der Waals surface area contributed by atoms with Crippen molar-refractivity contribution in [2.75, 3.05) is 0 Å². The number of hydrogen-bond donors (Lipinski definition) is 4. The topological polar surface area (TPSA) is 94.1 Å². The number of aromatic hydroxyl groups is 2. The molecule has 0 saturated carbocycles. The fourth-order valence-electron chi connectivity index (χ4n) is 2.61. The summed E-state index contributed by atoms with van der Waals surface area (Å²) in [5, 5.41) is 39.3. The SMILES string of the molecule is [B]c1c([B])c(O)c2c(oc3c([B])c(O)c([B])c(B(O)O)c32)c1[B]. The van der Waals surface area contributed by atoms with Gasteiger partial charge < -0.3 is 24.7 Å². The Morgan fingerprint density at radius 3 is 1.78 bits per heavy atom. The molecule has 0 aliphatic carbocycles. The molecule has 0 saturated heterocycles. The Kier molecular flexibility index (Phi) is 3.54. The van der Waals surface area contributed by atoms with Crippen molar-refractivity contribution in [1.82, 2.24) is 0 Å². The van der Waals surface area contributed by atoms with Crippen LogP contribution in [0.2, 0.25) is 0 Å². The van der Waals surface area contributed by atoms with Gasteiger partial charge in [0.15, 0.2) is 0 Å². The maximum absolute atomic E-state index is 10.3. The Morgan fingerprint density at radius 2 is 1.22 bits per heavy atom. The lowest BCUT2D eigenvalue weighted by Crippen LogP contribution is -2.44. The summed E-state index contributed by atoms with van der Waals surface area (Å²) in [6, 6.07) is 0. The lowest BCUT2D eigenvalue weighted by Gasteiger charge is -2.13. The Hall–Kier alpha value is -1.85. The van der Waals surface area contributed by atoms with Gasteiger partial charge in [-0.25, -0.2) is 0 Å². The predicted octanol–water partition coefficient (Wildman–Crippen LogP) is -5.35. The van der Waals surface area contributed by atoms with Crippen LogP contribution in [-0.4, -0.2) is 66.6 Å². The number of furan rings is 1. The highest BCUT2D eigenvalue weighted by atomic mass is 16.4. The van der Waals surface area contributed by atoms with E-state index in [2.05, 4.69) is 0 Å². The summed E-state index contributed by atoms with van der Waals surface area (Å²) < 4.78 is 5.47. The number of rotatable bonds is 1. The molecule has 100 valence electrons. The molecule has 0 aliphatic rings. The summed E-state index contributed by atoms with van der Waals surface area (Å²) in [7, 11) is 26.6. The molecule has 0 unspecified atom stereocenters. The third-order valence-corrected chi connectivity index (χ3v) is 3.80. The molecule has 10 radical (unpaired) electrons. The van der Waals surface area contributed by atoms with Crippen LogP contribution in [0.15, 0.2) is 4.42 Å². The van der Waals surface area contributed by atoms with Crippen molar-refractivity contribution in [2.45, 2.75) is 0 Å². The smallest absolute Gasteiger partial charge is 0.488 e. The fourth-order valence-corrected chi connectivity index (χ4v) is 2.61. The van der Waals surface area contributed by atoms with Crippen molar-refractivity contribution in [3.8, 4) is 11.5 Å². The van der Waals surface area contributed by atoms with Crippen LogP contribution >= 0.6 is 0 Å². The molecule has 0 spiro atoms. The zero-order chi connectivity index (χ0) is 17.2. The van der Waals surface area contributed by atoms with Gasteiger partial charge in [0.05, 0.1) is 5.39 Å². The highest BCUT2D eigenvalue weighted by Crippen LogP contribution is 2.31. The molecule has 0 bridgehead atoms. The minimum absolute atomic E-state index is 0.0290. The van der Waals surface area contributed by atoms with Gasteiger partial charge in [0.25, 0.3) is 0 Å². The van der Waals surface area contributed by atoms with Gasteiger partial charge in [-0.2, -0.15) is 0 Å². The molecule has 0 fully saturated rings. The van der Waals surface area contributed by atoms with E-state index in [0.717, 1.165) is 0 Å². The zero-order valence-corrected chi connectivity index (χ0v) is 11.7. The first-order chi connectivity index (χ1) is 10.7. The number of hydrogen-bond acceptors (Lipinski definition) is 5. The van der Waals surface area contributed by atoms with Gasteiger partial charge in [-0.05, 0) is 10.9 Å². The highest BCUT2D eigenvalue weighted by molar-refractivity contribution is 6.71. The number of phenols is 2. The molecule has 5 nitrogen and oxygen atoms in total. The molecule has 11 heteroatoms. The van der Waals surface area contributed by atoms with Crippen LogP contribution in [0.1, 0.15) is 0 Å². The third kappa shape index (κ3) is 1.96. The molecule has 3 rings (SSSR count). The maximum atomic E-state index is 10.3. The van der Waals surface area contributed by atoms with Crippen LogP contribution in [0.4, 0.5) is 0 Å². The Bertz CT molecular complexity index is 980. The van der Waals surface area contributed by atoms with Crippen molar-refractivity contribution in [2.24, 2.45) is 0 Å². The van der Waals surface area contributed by atoms with Crippen LogP contribution in [-0.2, 0) is 0 Å². The van der Waals surface area contributed by atoms with Crippen molar-refractivity contribution in [1.29, 1.82) is 0 Å². The lowest BCUT2D eigenvalue weighted by atomic mass is 9.66. The first kappa shape index (κ1) is 16.0. The molecule has 2 aromatic carbocycles. The zero-order valence-electron chi connectivity index (χ0n) is 11.7. The molecule has 0 aliphatic heterocycles. The van der Waals surface area contributed by atoms with Crippen molar-refractivity contribution in [3.05, 3.63) is 0 Å². The average molecular weight is 293 g/mol. The first-order valence-electron chi connectivity index (χ1n) is 6.35. The second kappa shape index (κ2) is 5.08. The van der Waals surface area contributed by atoms with Crippen LogP contribution in [0, 0.1) is 0 Å². The summed E-state index contributed by atoms with van der Waals surface area (Å²) in [6.07, 6.45) is 0. The fraction of sp³-hybridized carbons (Fsp3) is 0. The van der Waals surface area contributed by atoms with Crippen molar-refractivity contribution >= 4 is 101 Å². The van der Waals surface area contributed by atoms with E-state index < -0.39 is 18.6 Å². The van der Waals surface area contributed by atoms with Gasteiger partial charge in [0.1, 0.15) is 61.9 Å². The van der Waals surface area contributed by atoms with Crippen molar-refractivity contribution < 1.29 is 24.7 Å². The van der Waals surface area contributed by atoms with Crippen LogP contribution in [0.5, 0.6) is 11.5 Å². The van der Waals surface area contributed by atoms with E-state index in [1.807, 2.05) is 0 Å². The largest absolute Gasteiger partial charge is 0.509 e. The Balaban J connectivity index is 2.74. The van der Waals surface area contributed by atoms with E-state index in [0.29, 0.717) is 0 Å². The standard InChI is InChI=1S/C12H4B6O5/c13-3-4(14)9(19)2-1-8(18(21)22)6(16)10(20)7(17)11(1)23-12(2)5(3)15/h19-22H. The van der Waals surface area contributed by atoms with E-state index in [1.54, 1.807) is 0 Å². The van der Waals surface area contributed by atoms with Gasteiger partial charge in [-0.15, -0.1) is 5.46 Å². The summed E-state index contributed by atoms with van der Waals surface area (Å²) in [6.45, 7) is 0. The molecule has 1 aromatic heterocycles. The van der Waals surface area contributed by atoms with E-state index in [9.17, 15) is 20.3 Å². The van der Waals surface area contributed by atoms with Crippen LogP contribution < -0.4 is 32.8 Å². The maximum Gasteiger partial charge on any atom is 0.488 e. The normalized spacial score (nSPS) is 11.4. The van der Waals surface area contributed by atoms with E-state index in [4.69, 9.17) is 43.6 Å². The van der Waals surface area contributed by atoms with E-state index in [1.165, 1.54) is 0 Å². The monoisotopic (exact) mass is 294 g/mol. The van der Waals surface area contributed by atoms with Gasteiger partial charge in [0, 0.05) is 5.39 Å². The second-order valence-electron chi connectivity index (χ2n) is 5.06. The summed E-state index contributed by atoms with van der Waals surface area (Å²) in [5.41, 5.74) is -1.51. The van der Waals surface area contributed by atoms with Gasteiger partial charge in [0.2, 0.25) is 0 Å². The lowest BCUT2D eigenvalue weighted by molar-refractivity contribution is 0.426. The molecule has 0 atom stereocenters. The average Bonchev–Trinajstić information content (AvgIpc) is 2.88. The molecular formula is C12H4B6O5. The quantitative estimate of drug-likeness (QED) is 0.336. The first-order valence-corrected chi connectivity index (χ1v) is 6.35. The molecule has 0 amide bonds.